The summed E-state index contributed by atoms with van der Waals surface area (Å²) in [4.78, 5) is 15.5. The first-order chi connectivity index (χ1) is 9.24. The largest absolute Gasteiger partial charge is 0.384 e. The van der Waals surface area contributed by atoms with Gasteiger partial charge in [-0.2, -0.15) is 0 Å². The van der Waals surface area contributed by atoms with E-state index < -0.39 is 0 Å². The average Bonchev–Trinajstić information content (AvgIpc) is 2.44. The third-order valence-corrected chi connectivity index (χ3v) is 2.57. The number of benzene rings is 1. The highest BCUT2D eigenvalue weighted by Gasteiger charge is 2.01. The van der Waals surface area contributed by atoms with Gasteiger partial charge in [-0.25, -0.2) is 4.98 Å². The predicted octanol–water partition coefficient (Wildman–Crippen LogP) is 1.39. The van der Waals surface area contributed by atoms with Crippen LogP contribution in [0.2, 0.25) is 0 Å². The third-order valence-electron chi connectivity index (χ3n) is 2.57. The van der Waals surface area contributed by atoms with E-state index in [1.807, 2.05) is 30.3 Å². The number of rotatable bonds is 5. The third kappa shape index (κ3) is 4.31. The number of aromatic nitrogens is 1. The van der Waals surface area contributed by atoms with Crippen LogP contribution >= 0.6 is 0 Å². The van der Waals surface area contributed by atoms with Crippen LogP contribution in [0.25, 0.3) is 0 Å². The topological polar surface area (TPSA) is 80.0 Å². The molecule has 0 bridgehead atoms. The lowest BCUT2D eigenvalue weighted by atomic mass is 10.2. The molecule has 0 aliphatic heterocycles. The molecule has 4 N–H and O–H groups in total. The molecule has 19 heavy (non-hydrogen) atoms. The van der Waals surface area contributed by atoms with Crippen LogP contribution in [0, 0.1) is 0 Å². The van der Waals surface area contributed by atoms with E-state index in [1.54, 1.807) is 18.3 Å². The van der Waals surface area contributed by atoms with Crippen LogP contribution in [-0.4, -0.2) is 17.4 Å². The van der Waals surface area contributed by atoms with Crippen molar-refractivity contribution in [2.45, 2.75) is 6.54 Å². The Morgan fingerprint density at radius 1 is 1.21 bits per heavy atom. The molecule has 1 amide bonds. The summed E-state index contributed by atoms with van der Waals surface area (Å²) in [6, 6.07) is 13.2. The van der Waals surface area contributed by atoms with Gasteiger partial charge in [0.15, 0.2) is 0 Å². The van der Waals surface area contributed by atoms with Crippen molar-refractivity contribution in [3.63, 3.8) is 0 Å². The Morgan fingerprint density at radius 3 is 2.74 bits per heavy atom. The summed E-state index contributed by atoms with van der Waals surface area (Å²) in [7, 11) is 0. The molecule has 98 valence electrons. The van der Waals surface area contributed by atoms with Crippen LogP contribution in [0.4, 0.5) is 11.5 Å². The highest BCUT2D eigenvalue weighted by molar-refractivity contribution is 5.80. The Morgan fingerprint density at radius 2 is 2.00 bits per heavy atom. The molecule has 5 nitrogen and oxygen atoms in total. The van der Waals surface area contributed by atoms with Gasteiger partial charge in [0, 0.05) is 24.5 Å². The minimum atomic E-state index is -0.0702. The number of hydrogen-bond acceptors (Lipinski definition) is 4. The highest BCUT2D eigenvalue weighted by Crippen LogP contribution is 2.07. The molecule has 2 aromatic rings. The summed E-state index contributed by atoms with van der Waals surface area (Å²) in [5, 5.41) is 5.82. The lowest BCUT2D eigenvalue weighted by Gasteiger charge is -2.08. The van der Waals surface area contributed by atoms with Gasteiger partial charge < -0.3 is 16.4 Å². The first kappa shape index (κ1) is 12.9. The summed E-state index contributed by atoms with van der Waals surface area (Å²) < 4.78 is 0. The maximum absolute atomic E-state index is 11.7. The van der Waals surface area contributed by atoms with Crippen LogP contribution in [0.5, 0.6) is 0 Å². The van der Waals surface area contributed by atoms with Gasteiger partial charge in [-0.05, 0) is 11.6 Å². The van der Waals surface area contributed by atoms with Gasteiger partial charge in [0.2, 0.25) is 5.91 Å². The first-order valence-corrected chi connectivity index (χ1v) is 6.00. The van der Waals surface area contributed by atoms with E-state index in [-0.39, 0.29) is 12.5 Å². The minimum absolute atomic E-state index is 0.0702. The van der Waals surface area contributed by atoms with Gasteiger partial charge in [-0.3, -0.25) is 4.79 Å². The second-order valence-corrected chi connectivity index (χ2v) is 4.09. The molecular weight excluding hydrogens is 240 g/mol. The van der Waals surface area contributed by atoms with E-state index in [9.17, 15) is 4.79 Å². The normalized spacial score (nSPS) is 9.89. The molecule has 0 fully saturated rings. The lowest BCUT2D eigenvalue weighted by molar-refractivity contribution is -0.119. The fourth-order valence-electron chi connectivity index (χ4n) is 1.60. The Kier molecular flexibility index (Phi) is 4.34. The van der Waals surface area contributed by atoms with E-state index in [0.29, 0.717) is 12.4 Å². The molecule has 0 aliphatic carbocycles. The van der Waals surface area contributed by atoms with Crippen molar-refractivity contribution in [3.05, 3.63) is 54.2 Å². The van der Waals surface area contributed by atoms with Gasteiger partial charge in [0.1, 0.15) is 5.82 Å². The minimum Gasteiger partial charge on any atom is -0.384 e. The van der Waals surface area contributed by atoms with Crippen molar-refractivity contribution in [3.8, 4) is 0 Å². The van der Waals surface area contributed by atoms with Crippen LogP contribution in [0.3, 0.4) is 0 Å². The van der Waals surface area contributed by atoms with Crippen molar-refractivity contribution in [1.29, 1.82) is 0 Å². The smallest absolute Gasteiger partial charge is 0.239 e. The fourth-order valence-corrected chi connectivity index (χ4v) is 1.60. The molecule has 0 spiro atoms. The number of carbonyl (C=O) groups excluding carboxylic acids is 1. The second-order valence-electron chi connectivity index (χ2n) is 4.09. The zero-order valence-corrected chi connectivity index (χ0v) is 10.5. The summed E-state index contributed by atoms with van der Waals surface area (Å²) >= 11 is 0. The zero-order valence-electron chi connectivity index (χ0n) is 10.5. The number of nitrogens with two attached hydrogens (primary N) is 1. The first-order valence-electron chi connectivity index (χ1n) is 6.00. The van der Waals surface area contributed by atoms with Gasteiger partial charge >= 0.3 is 0 Å². The molecule has 0 saturated carbocycles. The van der Waals surface area contributed by atoms with Crippen LogP contribution in [0.15, 0.2) is 48.7 Å². The predicted molar refractivity (Wildman–Crippen MR) is 75.4 cm³/mol. The monoisotopic (exact) mass is 256 g/mol. The Hall–Kier alpha value is -2.56. The number of nitrogen functional groups attached to an aromatic ring is 1. The summed E-state index contributed by atoms with van der Waals surface area (Å²) in [5.74, 6) is 0.355. The second kappa shape index (κ2) is 6.39. The number of pyridine rings is 1. The molecule has 0 saturated heterocycles. The van der Waals surface area contributed by atoms with Gasteiger partial charge in [-0.15, -0.1) is 0 Å². The number of carbonyl (C=O) groups is 1. The van der Waals surface area contributed by atoms with Crippen LogP contribution in [-0.2, 0) is 11.3 Å². The average molecular weight is 256 g/mol. The number of anilines is 2. The number of hydrogen-bond donors (Lipinski definition) is 3. The van der Waals surface area contributed by atoms with E-state index in [1.165, 1.54) is 0 Å². The maximum Gasteiger partial charge on any atom is 0.239 e. The number of nitrogens with zero attached hydrogens (tertiary/aromatic N) is 1. The standard InChI is InChI=1S/C14H16N4O/c15-13-8-12(6-7-16-13)17-10-14(19)18-9-11-4-2-1-3-5-11/h1-8H,9-10H2,(H,18,19)(H3,15,16,17). The Bertz CT molecular complexity index is 542. The van der Waals surface area contributed by atoms with Crippen molar-refractivity contribution in [1.82, 2.24) is 10.3 Å². The van der Waals surface area contributed by atoms with E-state index in [4.69, 9.17) is 5.73 Å². The van der Waals surface area contributed by atoms with Crippen molar-refractivity contribution in [2.75, 3.05) is 17.6 Å². The highest BCUT2D eigenvalue weighted by atomic mass is 16.1. The van der Waals surface area contributed by atoms with Gasteiger partial charge in [0.05, 0.1) is 6.54 Å². The quantitative estimate of drug-likeness (QED) is 0.755. The summed E-state index contributed by atoms with van der Waals surface area (Å²) in [5.41, 5.74) is 7.40. The van der Waals surface area contributed by atoms with E-state index in [0.717, 1.165) is 11.3 Å². The number of nitrogens with one attached hydrogen (secondary N) is 2. The summed E-state index contributed by atoms with van der Waals surface area (Å²) in [6.45, 7) is 0.732. The molecule has 0 unspecified atom stereocenters. The van der Waals surface area contributed by atoms with Gasteiger partial charge in [0.25, 0.3) is 0 Å². The molecule has 2 rings (SSSR count). The van der Waals surface area contributed by atoms with Crippen molar-refractivity contribution < 1.29 is 4.79 Å². The van der Waals surface area contributed by atoms with Gasteiger partial charge in [-0.1, -0.05) is 30.3 Å². The fraction of sp³-hybridized carbons (Fsp3) is 0.143. The number of amides is 1. The molecule has 0 radical (unpaired) electrons. The summed E-state index contributed by atoms with van der Waals surface area (Å²) in [6.07, 6.45) is 1.60. The van der Waals surface area contributed by atoms with E-state index >= 15 is 0 Å². The molecule has 1 heterocycles. The molecule has 1 aromatic heterocycles. The van der Waals surface area contributed by atoms with Crippen LogP contribution in [0.1, 0.15) is 5.56 Å². The molecule has 1 aromatic carbocycles. The maximum atomic E-state index is 11.7. The molecule has 0 aliphatic rings. The Labute approximate surface area is 111 Å². The van der Waals surface area contributed by atoms with Crippen molar-refractivity contribution in [2.24, 2.45) is 0 Å². The zero-order chi connectivity index (χ0) is 13.5. The van der Waals surface area contributed by atoms with Crippen molar-refractivity contribution >= 4 is 17.4 Å². The molecular formula is C14H16N4O. The molecule has 0 atom stereocenters. The SMILES string of the molecule is Nc1cc(NCC(=O)NCc2ccccc2)ccn1. The van der Waals surface area contributed by atoms with Crippen LogP contribution < -0.4 is 16.4 Å². The van der Waals surface area contributed by atoms with E-state index in [2.05, 4.69) is 15.6 Å². The Balaban J connectivity index is 1.76. The molecule has 5 heteroatoms. The lowest BCUT2D eigenvalue weighted by Crippen LogP contribution is -2.29.